The fraction of sp³-hybridized carbons (Fsp3) is 0.250. The third-order valence-electron chi connectivity index (χ3n) is 4.13. The molecule has 158 valence electrons. The maximum Gasteiger partial charge on any atom is 0.338 e. The van der Waals surface area contributed by atoms with Crippen LogP contribution in [0.5, 0.6) is 5.75 Å². The Morgan fingerprint density at radius 3 is 2.43 bits per heavy atom. The number of nitrogens with one attached hydrogen (secondary N) is 1. The molecular weight excluding hydrogens is 410 g/mol. The first kappa shape index (κ1) is 21.3. The monoisotopic (exact) mass is 431 g/mol. The molecule has 0 atom stereocenters. The number of carbonyl (C=O) groups excluding carboxylic acids is 1. The third kappa shape index (κ3) is 4.95. The number of esters is 1. The van der Waals surface area contributed by atoms with Crippen LogP contribution < -0.4 is 9.46 Å². The lowest BCUT2D eigenvalue weighted by atomic mass is 10.2. The average molecular weight is 431 g/mol. The Morgan fingerprint density at radius 2 is 1.80 bits per heavy atom. The van der Waals surface area contributed by atoms with Crippen LogP contribution in [0.15, 0.2) is 51.8 Å². The van der Waals surface area contributed by atoms with Gasteiger partial charge in [0.2, 0.25) is 5.89 Å². The van der Waals surface area contributed by atoms with Gasteiger partial charge in [-0.25, -0.2) is 13.2 Å². The summed E-state index contributed by atoms with van der Waals surface area (Å²) < 4.78 is 43.8. The molecule has 0 aliphatic rings. The number of methoxy groups -OCH3 is 1. The molecule has 3 aromatic rings. The van der Waals surface area contributed by atoms with Gasteiger partial charge >= 0.3 is 5.97 Å². The summed E-state index contributed by atoms with van der Waals surface area (Å²) in [6, 6.07) is 10.9. The number of aromatic nitrogens is 2. The van der Waals surface area contributed by atoms with Gasteiger partial charge in [-0.05, 0) is 37.3 Å². The van der Waals surface area contributed by atoms with Crippen LogP contribution in [0.25, 0.3) is 0 Å². The largest absolute Gasteiger partial charge is 0.495 e. The summed E-state index contributed by atoms with van der Waals surface area (Å²) in [4.78, 5) is 12.2. The number of hydrogen-bond acceptors (Lipinski definition) is 8. The quantitative estimate of drug-likeness (QED) is 0.540. The predicted octanol–water partition coefficient (Wildman–Crippen LogP) is 3.11. The smallest absolute Gasteiger partial charge is 0.338 e. The third-order valence-corrected chi connectivity index (χ3v) is 5.53. The molecule has 0 unspecified atom stereocenters. The van der Waals surface area contributed by atoms with E-state index in [-0.39, 0.29) is 28.7 Å². The summed E-state index contributed by atoms with van der Waals surface area (Å²) in [5.41, 5.74) is 1.42. The van der Waals surface area contributed by atoms with Crippen LogP contribution >= 0.6 is 0 Å². The molecule has 2 aromatic carbocycles. The van der Waals surface area contributed by atoms with Crippen LogP contribution in [0, 0.1) is 6.92 Å². The number of ether oxygens (including phenoxy) is 2. The van der Waals surface area contributed by atoms with Crippen molar-refractivity contribution < 1.29 is 27.1 Å². The normalized spacial score (nSPS) is 11.2. The van der Waals surface area contributed by atoms with E-state index in [0.717, 1.165) is 5.56 Å². The van der Waals surface area contributed by atoms with Gasteiger partial charge in [-0.2, -0.15) is 0 Å². The molecule has 0 radical (unpaired) electrons. The Morgan fingerprint density at radius 1 is 1.10 bits per heavy atom. The number of rotatable bonds is 8. The molecule has 0 aliphatic heterocycles. The second kappa shape index (κ2) is 8.95. The highest BCUT2D eigenvalue weighted by Gasteiger charge is 2.23. The van der Waals surface area contributed by atoms with E-state index in [1.165, 1.54) is 25.3 Å². The highest BCUT2D eigenvalue weighted by Crippen LogP contribution is 2.27. The molecule has 0 amide bonds. The minimum Gasteiger partial charge on any atom is -0.495 e. The van der Waals surface area contributed by atoms with Gasteiger partial charge in [0.15, 0.2) is 6.61 Å². The number of hydrogen-bond donors (Lipinski definition) is 1. The van der Waals surface area contributed by atoms with E-state index in [9.17, 15) is 13.2 Å². The second-order valence-corrected chi connectivity index (χ2v) is 8.01. The Hall–Kier alpha value is -3.40. The van der Waals surface area contributed by atoms with Crippen LogP contribution in [0.1, 0.15) is 34.6 Å². The first-order valence-corrected chi connectivity index (χ1v) is 10.6. The molecule has 0 fully saturated rings. The summed E-state index contributed by atoms with van der Waals surface area (Å²) >= 11 is 0. The maximum atomic E-state index is 12.9. The molecule has 0 aliphatic carbocycles. The van der Waals surface area contributed by atoms with E-state index in [1.807, 2.05) is 13.8 Å². The van der Waals surface area contributed by atoms with Crippen LogP contribution in [-0.2, 0) is 27.8 Å². The zero-order chi connectivity index (χ0) is 21.7. The number of carbonyl (C=O) groups is 1. The lowest BCUT2D eigenvalue weighted by molar-refractivity contribution is 0.0436. The zero-order valence-electron chi connectivity index (χ0n) is 16.7. The summed E-state index contributed by atoms with van der Waals surface area (Å²) in [5, 5.41) is 7.56. The Labute approximate surface area is 174 Å². The van der Waals surface area contributed by atoms with Gasteiger partial charge in [0.1, 0.15) is 10.6 Å². The Kier molecular flexibility index (Phi) is 6.36. The van der Waals surface area contributed by atoms with E-state index in [4.69, 9.17) is 13.9 Å². The summed E-state index contributed by atoms with van der Waals surface area (Å²) in [5.74, 6) is -0.0556. The molecule has 10 heteroatoms. The summed E-state index contributed by atoms with van der Waals surface area (Å²) in [6.45, 7) is 3.53. The maximum absolute atomic E-state index is 12.9. The number of sulfonamides is 1. The van der Waals surface area contributed by atoms with Crippen LogP contribution in [0.2, 0.25) is 0 Å². The molecule has 0 spiro atoms. The summed E-state index contributed by atoms with van der Waals surface area (Å²) in [7, 11) is -2.67. The number of anilines is 1. The number of nitrogens with zero attached hydrogens (tertiary/aromatic N) is 2. The van der Waals surface area contributed by atoms with Crippen molar-refractivity contribution in [3.05, 3.63) is 65.4 Å². The highest BCUT2D eigenvalue weighted by molar-refractivity contribution is 7.92. The first-order chi connectivity index (χ1) is 14.3. The molecule has 0 saturated carbocycles. The van der Waals surface area contributed by atoms with Crippen molar-refractivity contribution in [2.45, 2.75) is 31.8 Å². The van der Waals surface area contributed by atoms with E-state index in [0.29, 0.717) is 18.0 Å². The Bertz CT molecular complexity index is 1140. The first-order valence-electron chi connectivity index (χ1n) is 9.08. The topological polar surface area (TPSA) is 121 Å². The molecule has 0 saturated heterocycles. The fourth-order valence-corrected chi connectivity index (χ4v) is 3.80. The van der Waals surface area contributed by atoms with E-state index >= 15 is 0 Å². The molecule has 1 aromatic heterocycles. The van der Waals surface area contributed by atoms with Crippen molar-refractivity contribution in [3.8, 4) is 5.75 Å². The van der Waals surface area contributed by atoms with Gasteiger partial charge in [0.25, 0.3) is 15.9 Å². The van der Waals surface area contributed by atoms with Crippen molar-refractivity contribution in [2.24, 2.45) is 0 Å². The van der Waals surface area contributed by atoms with Crippen LogP contribution in [0.3, 0.4) is 0 Å². The van der Waals surface area contributed by atoms with Gasteiger partial charge < -0.3 is 13.9 Å². The van der Waals surface area contributed by atoms with Crippen molar-refractivity contribution in [3.63, 3.8) is 0 Å². The van der Waals surface area contributed by atoms with Gasteiger partial charge in [-0.1, -0.05) is 24.6 Å². The Balaban J connectivity index is 1.81. The van der Waals surface area contributed by atoms with Crippen molar-refractivity contribution >= 4 is 21.7 Å². The molecule has 30 heavy (non-hydrogen) atoms. The SMILES string of the molecule is CCc1nnc(COC(=O)c2ccc(OC)c(S(=O)(=O)Nc3ccc(C)cc3)c2)o1. The van der Waals surface area contributed by atoms with E-state index in [1.54, 1.807) is 24.3 Å². The molecule has 0 bridgehead atoms. The van der Waals surface area contributed by atoms with E-state index < -0.39 is 16.0 Å². The standard InChI is InChI=1S/C20H21N3O6S/c1-4-18-21-22-19(29-18)12-28-20(24)14-7-10-16(27-3)17(11-14)30(25,26)23-15-8-5-13(2)6-9-15/h5-11,23H,4,12H2,1-3H3. The lowest BCUT2D eigenvalue weighted by Crippen LogP contribution is -2.15. The van der Waals surface area contributed by atoms with Gasteiger partial charge in [0.05, 0.1) is 12.7 Å². The molecule has 1 heterocycles. The lowest BCUT2D eigenvalue weighted by Gasteiger charge is -2.13. The van der Waals surface area contributed by atoms with Crippen molar-refractivity contribution in [1.29, 1.82) is 0 Å². The van der Waals surface area contributed by atoms with Gasteiger partial charge in [-0.15, -0.1) is 10.2 Å². The predicted molar refractivity (Wildman–Crippen MR) is 108 cm³/mol. The fourth-order valence-electron chi connectivity index (χ4n) is 2.55. The minimum atomic E-state index is -4.02. The molecule has 9 nitrogen and oxygen atoms in total. The number of aryl methyl sites for hydroxylation is 2. The highest BCUT2D eigenvalue weighted by atomic mass is 32.2. The van der Waals surface area contributed by atoms with Gasteiger partial charge in [-0.3, -0.25) is 4.72 Å². The van der Waals surface area contributed by atoms with Crippen molar-refractivity contribution in [2.75, 3.05) is 11.8 Å². The zero-order valence-corrected chi connectivity index (χ0v) is 17.5. The minimum absolute atomic E-state index is 0.0373. The van der Waals surface area contributed by atoms with Gasteiger partial charge in [0, 0.05) is 12.1 Å². The van der Waals surface area contributed by atoms with Crippen molar-refractivity contribution in [1.82, 2.24) is 10.2 Å². The van der Waals surface area contributed by atoms with E-state index in [2.05, 4.69) is 14.9 Å². The summed E-state index contributed by atoms with van der Waals surface area (Å²) in [6.07, 6.45) is 0.564. The van der Waals surface area contributed by atoms with Crippen LogP contribution in [-0.4, -0.2) is 31.7 Å². The average Bonchev–Trinajstić information content (AvgIpc) is 3.21. The molecule has 3 rings (SSSR count). The molecule has 1 N–H and O–H groups in total. The van der Waals surface area contributed by atoms with Crippen LogP contribution in [0.4, 0.5) is 5.69 Å². The second-order valence-electron chi connectivity index (χ2n) is 6.36. The molecular formula is C20H21N3O6S. The number of benzene rings is 2.